The van der Waals surface area contributed by atoms with E-state index < -0.39 is 9.84 Å². The number of methoxy groups -OCH3 is 1. The minimum Gasteiger partial charge on any atom is -0.496 e. The molecule has 1 heterocycles. The molecule has 1 fully saturated rings. The minimum absolute atomic E-state index is 0.103. The average molecular weight is 269 g/mol. The molecule has 1 aliphatic rings. The molecule has 100 valence electrons. The van der Waals surface area contributed by atoms with Crippen LogP contribution in [0.25, 0.3) is 0 Å². The van der Waals surface area contributed by atoms with Crippen molar-refractivity contribution in [2.45, 2.75) is 19.9 Å². The third-order valence-electron chi connectivity index (χ3n) is 3.60. The molecular formula is C13H19NO3S. The van der Waals surface area contributed by atoms with Gasteiger partial charge in [-0.2, -0.15) is 0 Å². The van der Waals surface area contributed by atoms with Gasteiger partial charge >= 0.3 is 0 Å². The molecule has 1 atom stereocenters. The second-order valence-corrected chi connectivity index (χ2v) is 6.96. The van der Waals surface area contributed by atoms with Gasteiger partial charge in [0.25, 0.3) is 0 Å². The highest BCUT2D eigenvalue weighted by Crippen LogP contribution is 2.29. The summed E-state index contributed by atoms with van der Waals surface area (Å²) in [4.78, 5) is 0. The van der Waals surface area contributed by atoms with Crippen molar-refractivity contribution in [2.75, 3.05) is 25.2 Å². The summed E-state index contributed by atoms with van der Waals surface area (Å²) in [5.41, 5.74) is 3.22. The fourth-order valence-electron chi connectivity index (χ4n) is 2.40. The van der Waals surface area contributed by atoms with E-state index in [0.717, 1.165) is 22.4 Å². The second kappa shape index (κ2) is 4.90. The summed E-state index contributed by atoms with van der Waals surface area (Å²) in [5, 5.41) is 3.28. The van der Waals surface area contributed by atoms with Gasteiger partial charge in [0.2, 0.25) is 0 Å². The molecule has 0 aromatic heterocycles. The average Bonchev–Trinajstić information content (AvgIpc) is 2.31. The van der Waals surface area contributed by atoms with Crippen LogP contribution in [0.2, 0.25) is 0 Å². The number of rotatable bonds is 2. The molecule has 1 N–H and O–H groups in total. The molecule has 5 heteroatoms. The van der Waals surface area contributed by atoms with Crippen molar-refractivity contribution >= 4 is 9.84 Å². The molecular weight excluding hydrogens is 250 g/mol. The lowest BCUT2D eigenvalue weighted by Gasteiger charge is -2.26. The fraction of sp³-hybridized carbons (Fsp3) is 0.538. The van der Waals surface area contributed by atoms with Crippen LogP contribution in [0.1, 0.15) is 22.7 Å². The van der Waals surface area contributed by atoms with E-state index in [-0.39, 0.29) is 17.5 Å². The van der Waals surface area contributed by atoms with Crippen molar-refractivity contribution in [3.63, 3.8) is 0 Å². The van der Waals surface area contributed by atoms with Crippen LogP contribution >= 0.6 is 0 Å². The molecule has 1 aromatic rings. The van der Waals surface area contributed by atoms with Gasteiger partial charge in [0.15, 0.2) is 9.84 Å². The van der Waals surface area contributed by atoms with Gasteiger partial charge in [0.05, 0.1) is 18.6 Å². The summed E-state index contributed by atoms with van der Waals surface area (Å²) >= 11 is 0. The second-order valence-electron chi connectivity index (χ2n) is 4.73. The zero-order valence-electron chi connectivity index (χ0n) is 11.0. The fourth-order valence-corrected chi connectivity index (χ4v) is 3.80. The van der Waals surface area contributed by atoms with Crippen molar-refractivity contribution in [1.82, 2.24) is 5.32 Å². The summed E-state index contributed by atoms with van der Waals surface area (Å²) in [6.07, 6.45) is 0. The molecule has 0 saturated carbocycles. The third kappa shape index (κ3) is 2.52. The summed E-state index contributed by atoms with van der Waals surface area (Å²) < 4.78 is 28.6. The Morgan fingerprint density at radius 1 is 1.28 bits per heavy atom. The van der Waals surface area contributed by atoms with Gasteiger partial charge in [-0.05, 0) is 36.6 Å². The van der Waals surface area contributed by atoms with E-state index in [4.69, 9.17) is 4.74 Å². The molecule has 1 aromatic carbocycles. The van der Waals surface area contributed by atoms with Gasteiger partial charge < -0.3 is 10.1 Å². The number of hydrogen-bond donors (Lipinski definition) is 1. The number of hydrogen-bond acceptors (Lipinski definition) is 4. The Labute approximate surface area is 108 Å². The van der Waals surface area contributed by atoms with Gasteiger partial charge in [-0.25, -0.2) is 8.42 Å². The van der Waals surface area contributed by atoms with Crippen LogP contribution < -0.4 is 10.1 Å². The number of benzene rings is 1. The quantitative estimate of drug-likeness (QED) is 0.881. The van der Waals surface area contributed by atoms with Gasteiger partial charge in [-0.15, -0.1) is 0 Å². The monoisotopic (exact) mass is 269 g/mol. The minimum atomic E-state index is -2.92. The molecule has 0 spiro atoms. The lowest BCUT2D eigenvalue weighted by atomic mass is 9.97. The van der Waals surface area contributed by atoms with Crippen LogP contribution in [0.15, 0.2) is 12.1 Å². The molecule has 1 saturated heterocycles. The summed E-state index contributed by atoms with van der Waals surface area (Å²) in [6.45, 7) is 4.53. The first-order valence-electron chi connectivity index (χ1n) is 6.02. The van der Waals surface area contributed by atoms with Gasteiger partial charge in [-0.3, -0.25) is 0 Å². The Kier molecular flexibility index (Phi) is 3.64. The largest absolute Gasteiger partial charge is 0.496 e. The van der Waals surface area contributed by atoms with Crippen molar-refractivity contribution in [1.29, 1.82) is 0 Å². The van der Waals surface area contributed by atoms with E-state index in [0.29, 0.717) is 6.54 Å². The van der Waals surface area contributed by atoms with Crippen molar-refractivity contribution in [2.24, 2.45) is 0 Å². The van der Waals surface area contributed by atoms with Crippen LogP contribution in [0.4, 0.5) is 0 Å². The van der Waals surface area contributed by atoms with E-state index >= 15 is 0 Å². The van der Waals surface area contributed by atoms with Crippen LogP contribution in [-0.4, -0.2) is 33.6 Å². The Hall–Kier alpha value is -1.07. The first kappa shape index (κ1) is 13.4. The number of nitrogens with one attached hydrogen (secondary N) is 1. The van der Waals surface area contributed by atoms with Crippen molar-refractivity contribution in [3.8, 4) is 5.75 Å². The zero-order chi connectivity index (χ0) is 13.3. The molecule has 0 bridgehead atoms. The first-order valence-corrected chi connectivity index (χ1v) is 7.84. The van der Waals surface area contributed by atoms with Crippen molar-refractivity contribution in [3.05, 3.63) is 28.8 Å². The van der Waals surface area contributed by atoms with Gasteiger partial charge in [-0.1, -0.05) is 6.07 Å². The summed E-state index contributed by atoms with van der Waals surface area (Å²) in [7, 11) is -1.28. The van der Waals surface area contributed by atoms with E-state index in [2.05, 4.69) is 5.32 Å². The van der Waals surface area contributed by atoms with E-state index in [1.807, 2.05) is 26.0 Å². The maximum atomic E-state index is 11.7. The molecule has 18 heavy (non-hydrogen) atoms. The highest BCUT2D eigenvalue weighted by atomic mass is 32.2. The molecule has 2 rings (SSSR count). The molecule has 0 aliphatic carbocycles. The molecule has 1 aliphatic heterocycles. The first-order chi connectivity index (χ1) is 8.44. The summed E-state index contributed by atoms with van der Waals surface area (Å²) in [6, 6.07) is 3.76. The normalized spacial score (nSPS) is 22.7. The smallest absolute Gasteiger partial charge is 0.153 e. The molecule has 0 radical (unpaired) electrons. The van der Waals surface area contributed by atoms with Gasteiger partial charge in [0, 0.05) is 12.6 Å². The maximum Gasteiger partial charge on any atom is 0.153 e. The predicted molar refractivity (Wildman–Crippen MR) is 71.9 cm³/mol. The lowest BCUT2D eigenvalue weighted by Crippen LogP contribution is -2.39. The van der Waals surface area contributed by atoms with Crippen LogP contribution in [0.3, 0.4) is 0 Å². The maximum absolute atomic E-state index is 11.7. The Morgan fingerprint density at radius 3 is 2.61 bits per heavy atom. The zero-order valence-corrected chi connectivity index (χ0v) is 11.8. The van der Waals surface area contributed by atoms with Crippen LogP contribution in [-0.2, 0) is 9.84 Å². The Balaban J connectivity index is 2.37. The third-order valence-corrected chi connectivity index (χ3v) is 5.27. The molecule has 1 unspecified atom stereocenters. The highest BCUT2D eigenvalue weighted by molar-refractivity contribution is 7.91. The molecule has 4 nitrogen and oxygen atoms in total. The van der Waals surface area contributed by atoms with Crippen LogP contribution in [0.5, 0.6) is 5.75 Å². The lowest BCUT2D eigenvalue weighted by molar-refractivity contribution is 0.410. The highest BCUT2D eigenvalue weighted by Gasteiger charge is 2.26. The number of ether oxygens (including phenoxy) is 1. The van der Waals surface area contributed by atoms with Gasteiger partial charge in [0.1, 0.15) is 5.75 Å². The standard InChI is InChI=1S/C13H19NO3S/c1-9-10(2)13(17-3)5-4-11(9)12-8-18(15,16)7-6-14-12/h4-5,12,14H,6-8H2,1-3H3. The van der Waals surface area contributed by atoms with E-state index in [1.165, 1.54) is 0 Å². The topological polar surface area (TPSA) is 55.4 Å². The van der Waals surface area contributed by atoms with E-state index in [1.54, 1.807) is 7.11 Å². The molecule has 0 amide bonds. The SMILES string of the molecule is COc1ccc(C2CS(=O)(=O)CCN2)c(C)c1C. The Morgan fingerprint density at radius 2 is 2.00 bits per heavy atom. The van der Waals surface area contributed by atoms with Crippen molar-refractivity contribution < 1.29 is 13.2 Å². The predicted octanol–water partition coefficient (Wildman–Crippen LogP) is 1.37. The Bertz CT molecular complexity index is 552. The van der Waals surface area contributed by atoms with E-state index in [9.17, 15) is 8.42 Å². The van der Waals surface area contributed by atoms with Crippen LogP contribution in [0, 0.1) is 13.8 Å². The summed E-state index contributed by atoms with van der Waals surface area (Å²) in [5.74, 6) is 1.26. The number of sulfone groups is 1.